The Morgan fingerprint density at radius 3 is 2.44 bits per heavy atom. The van der Waals surface area contributed by atoms with E-state index in [1.807, 2.05) is 12.1 Å². The van der Waals surface area contributed by atoms with Crippen molar-refractivity contribution in [3.63, 3.8) is 0 Å². The van der Waals surface area contributed by atoms with E-state index in [0.29, 0.717) is 11.3 Å². The minimum atomic E-state index is -0.189. The summed E-state index contributed by atoms with van der Waals surface area (Å²) in [6.45, 7) is 1.44. The Morgan fingerprint density at radius 1 is 0.880 bits per heavy atom. The van der Waals surface area contributed by atoms with Crippen LogP contribution in [0.1, 0.15) is 28.4 Å². The smallest absolute Gasteiger partial charge is 0.255 e. The molecule has 2 N–H and O–H groups in total. The lowest BCUT2D eigenvalue weighted by Crippen LogP contribution is -2.13. The lowest BCUT2D eigenvalue weighted by atomic mass is 10.0. The molecular weight excluding hydrogens is 312 g/mol. The van der Waals surface area contributed by atoms with E-state index in [1.165, 1.54) is 23.4 Å². The molecule has 2 amide bonds. The molecule has 0 saturated carbocycles. The number of hydrogen-bond donors (Lipinski definition) is 2. The summed E-state index contributed by atoms with van der Waals surface area (Å²) in [6, 6.07) is 17.3. The molecule has 4 heteroatoms. The van der Waals surface area contributed by atoms with E-state index in [1.54, 1.807) is 24.3 Å². The third kappa shape index (κ3) is 2.87. The zero-order valence-electron chi connectivity index (χ0n) is 13.9. The minimum Gasteiger partial charge on any atom is -0.326 e. The number of rotatable bonds is 3. The zero-order valence-corrected chi connectivity index (χ0v) is 13.9. The van der Waals surface area contributed by atoms with Gasteiger partial charge in [0.05, 0.1) is 0 Å². The van der Waals surface area contributed by atoms with Crippen molar-refractivity contribution in [2.45, 2.75) is 19.8 Å². The standard InChI is InChI=1S/C21H18N2O2/c1-13(24)22-17-6-2-5-16(12-17)21(25)23-19-11-10-15-9-8-14-4-3-7-18(19)20(14)15/h2-7,10-12H,8-9H2,1H3,(H,22,24)(H,23,25). The lowest BCUT2D eigenvalue weighted by molar-refractivity contribution is -0.114. The van der Waals surface area contributed by atoms with Crippen molar-refractivity contribution in [3.05, 3.63) is 71.3 Å². The predicted octanol–water partition coefficient (Wildman–Crippen LogP) is 4.15. The number of anilines is 2. The molecule has 0 atom stereocenters. The van der Waals surface area contributed by atoms with Crippen LogP contribution in [-0.2, 0) is 17.6 Å². The molecule has 0 unspecified atom stereocenters. The molecule has 3 aromatic carbocycles. The van der Waals surface area contributed by atoms with Crippen LogP contribution < -0.4 is 10.6 Å². The summed E-state index contributed by atoms with van der Waals surface area (Å²) < 4.78 is 0. The molecular formula is C21H18N2O2. The van der Waals surface area contributed by atoms with E-state index in [-0.39, 0.29) is 11.8 Å². The van der Waals surface area contributed by atoms with Gasteiger partial charge in [0.2, 0.25) is 5.91 Å². The first-order valence-corrected chi connectivity index (χ1v) is 8.34. The van der Waals surface area contributed by atoms with Gasteiger partial charge in [0.25, 0.3) is 5.91 Å². The highest BCUT2D eigenvalue weighted by Gasteiger charge is 2.17. The highest BCUT2D eigenvalue weighted by atomic mass is 16.2. The number of aryl methyl sites for hydroxylation is 2. The average Bonchev–Trinajstić information content (AvgIpc) is 3.02. The molecule has 0 bridgehead atoms. The van der Waals surface area contributed by atoms with Gasteiger partial charge in [0.15, 0.2) is 0 Å². The van der Waals surface area contributed by atoms with E-state index in [2.05, 4.69) is 28.8 Å². The molecule has 124 valence electrons. The van der Waals surface area contributed by atoms with Gasteiger partial charge in [-0.1, -0.05) is 30.3 Å². The Kier molecular flexibility index (Phi) is 3.73. The Balaban J connectivity index is 1.66. The molecule has 0 spiro atoms. The number of hydrogen-bond acceptors (Lipinski definition) is 2. The zero-order chi connectivity index (χ0) is 17.4. The molecule has 0 aromatic heterocycles. The first-order chi connectivity index (χ1) is 12.1. The third-order valence-electron chi connectivity index (χ3n) is 4.57. The van der Waals surface area contributed by atoms with Gasteiger partial charge in [-0.25, -0.2) is 0 Å². The molecule has 4 nitrogen and oxygen atoms in total. The normalized spacial score (nSPS) is 12.2. The van der Waals surface area contributed by atoms with Crippen molar-refractivity contribution in [1.82, 2.24) is 0 Å². The topological polar surface area (TPSA) is 58.2 Å². The maximum Gasteiger partial charge on any atom is 0.255 e. The Bertz CT molecular complexity index is 998. The predicted molar refractivity (Wildman–Crippen MR) is 100 cm³/mol. The molecule has 0 aliphatic heterocycles. The second kappa shape index (κ2) is 6.06. The van der Waals surface area contributed by atoms with Crippen molar-refractivity contribution in [1.29, 1.82) is 0 Å². The highest BCUT2D eigenvalue weighted by Crippen LogP contribution is 2.35. The van der Waals surface area contributed by atoms with Crippen LogP contribution in [0.2, 0.25) is 0 Å². The van der Waals surface area contributed by atoms with Crippen LogP contribution in [0.5, 0.6) is 0 Å². The van der Waals surface area contributed by atoms with Crippen LogP contribution in [0.25, 0.3) is 10.8 Å². The van der Waals surface area contributed by atoms with Gasteiger partial charge >= 0.3 is 0 Å². The molecule has 1 aliphatic carbocycles. The van der Waals surface area contributed by atoms with Gasteiger partial charge in [-0.2, -0.15) is 0 Å². The number of benzene rings is 3. The first-order valence-electron chi connectivity index (χ1n) is 8.34. The van der Waals surface area contributed by atoms with Crippen LogP contribution in [0.3, 0.4) is 0 Å². The van der Waals surface area contributed by atoms with Crippen molar-refractivity contribution >= 4 is 34.0 Å². The summed E-state index contributed by atoms with van der Waals surface area (Å²) in [5.74, 6) is -0.351. The fourth-order valence-electron chi connectivity index (χ4n) is 3.49. The van der Waals surface area contributed by atoms with E-state index < -0.39 is 0 Å². The Morgan fingerprint density at radius 2 is 1.64 bits per heavy atom. The second-order valence-electron chi connectivity index (χ2n) is 6.33. The van der Waals surface area contributed by atoms with Crippen molar-refractivity contribution in [2.24, 2.45) is 0 Å². The number of carbonyl (C=O) groups is 2. The summed E-state index contributed by atoms with van der Waals surface area (Å²) in [4.78, 5) is 23.8. The third-order valence-corrected chi connectivity index (χ3v) is 4.57. The highest BCUT2D eigenvalue weighted by molar-refractivity contribution is 6.11. The van der Waals surface area contributed by atoms with E-state index in [0.717, 1.165) is 23.9 Å². The summed E-state index contributed by atoms with van der Waals surface area (Å²) in [5.41, 5.74) is 4.63. The number of nitrogens with one attached hydrogen (secondary N) is 2. The monoisotopic (exact) mass is 330 g/mol. The maximum absolute atomic E-state index is 12.7. The molecule has 0 saturated heterocycles. The fraction of sp³-hybridized carbons (Fsp3) is 0.143. The summed E-state index contributed by atoms with van der Waals surface area (Å²) in [5, 5.41) is 8.06. The van der Waals surface area contributed by atoms with Crippen LogP contribution in [0.4, 0.5) is 11.4 Å². The Labute approximate surface area is 145 Å². The summed E-state index contributed by atoms with van der Waals surface area (Å²) in [7, 11) is 0. The molecule has 25 heavy (non-hydrogen) atoms. The van der Waals surface area contributed by atoms with Crippen LogP contribution in [0, 0.1) is 0 Å². The molecule has 1 aliphatic rings. The number of amides is 2. The van der Waals surface area contributed by atoms with Gasteiger partial charge < -0.3 is 10.6 Å². The summed E-state index contributed by atoms with van der Waals surface area (Å²) in [6.07, 6.45) is 2.12. The lowest BCUT2D eigenvalue weighted by Gasteiger charge is -2.11. The largest absolute Gasteiger partial charge is 0.326 e. The van der Waals surface area contributed by atoms with Gasteiger partial charge in [-0.05, 0) is 53.6 Å². The van der Waals surface area contributed by atoms with Crippen LogP contribution in [-0.4, -0.2) is 11.8 Å². The van der Waals surface area contributed by atoms with Crippen molar-refractivity contribution in [3.8, 4) is 0 Å². The molecule has 0 fully saturated rings. The molecule has 4 rings (SSSR count). The van der Waals surface area contributed by atoms with Gasteiger partial charge in [0.1, 0.15) is 0 Å². The fourth-order valence-corrected chi connectivity index (χ4v) is 3.49. The van der Waals surface area contributed by atoms with Gasteiger partial charge in [-0.3, -0.25) is 9.59 Å². The number of carbonyl (C=O) groups excluding carboxylic acids is 2. The molecule has 3 aromatic rings. The second-order valence-corrected chi connectivity index (χ2v) is 6.33. The van der Waals surface area contributed by atoms with Crippen LogP contribution in [0.15, 0.2) is 54.6 Å². The maximum atomic E-state index is 12.7. The average molecular weight is 330 g/mol. The van der Waals surface area contributed by atoms with Gasteiger partial charge in [0, 0.05) is 29.2 Å². The van der Waals surface area contributed by atoms with Crippen molar-refractivity contribution < 1.29 is 9.59 Å². The SMILES string of the molecule is CC(=O)Nc1cccc(C(=O)Nc2ccc3c4c(cccc24)CC3)c1. The molecule has 0 radical (unpaired) electrons. The van der Waals surface area contributed by atoms with Crippen molar-refractivity contribution in [2.75, 3.05) is 10.6 Å². The summed E-state index contributed by atoms with van der Waals surface area (Å²) >= 11 is 0. The van der Waals surface area contributed by atoms with E-state index in [9.17, 15) is 9.59 Å². The van der Waals surface area contributed by atoms with Gasteiger partial charge in [-0.15, -0.1) is 0 Å². The minimum absolute atomic E-state index is 0.162. The quantitative estimate of drug-likeness (QED) is 0.758. The van der Waals surface area contributed by atoms with E-state index >= 15 is 0 Å². The molecule has 0 heterocycles. The van der Waals surface area contributed by atoms with Crippen LogP contribution >= 0.6 is 0 Å². The first kappa shape index (κ1) is 15.4. The Hall–Kier alpha value is -3.14. The van der Waals surface area contributed by atoms with E-state index in [4.69, 9.17) is 0 Å².